The van der Waals surface area contributed by atoms with Crippen molar-refractivity contribution in [2.75, 3.05) is 18.0 Å². The van der Waals surface area contributed by atoms with E-state index in [1.807, 2.05) is 0 Å². The Kier molecular flexibility index (Phi) is 2.52. The predicted molar refractivity (Wildman–Crippen MR) is 63.5 cm³/mol. The molecule has 1 saturated heterocycles. The van der Waals surface area contributed by atoms with Gasteiger partial charge in [0.15, 0.2) is 0 Å². The highest BCUT2D eigenvalue weighted by atomic mass is 15.2. The SMILES string of the molecule is N[C@@H]1CCN(c2ncnc3c2CCCC3)C1. The number of hydrogen-bond acceptors (Lipinski definition) is 4. The zero-order chi connectivity index (χ0) is 11.0. The fourth-order valence-electron chi connectivity index (χ4n) is 2.76. The minimum atomic E-state index is 0.314. The molecule has 16 heavy (non-hydrogen) atoms. The molecule has 4 nitrogen and oxygen atoms in total. The van der Waals surface area contributed by atoms with Crippen LogP contribution in [0.5, 0.6) is 0 Å². The first-order valence-electron chi connectivity index (χ1n) is 6.18. The van der Waals surface area contributed by atoms with Crippen LogP contribution in [-0.2, 0) is 12.8 Å². The lowest BCUT2D eigenvalue weighted by Gasteiger charge is -2.23. The summed E-state index contributed by atoms with van der Waals surface area (Å²) < 4.78 is 0. The Balaban J connectivity index is 1.94. The highest BCUT2D eigenvalue weighted by Crippen LogP contribution is 2.28. The maximum absolute atomic E-state index is 5.95. The van der Waals surface area contributed by atoms with Crippen molar-refractivity contribution in [3.63, 3.8) is 0 Å². The van der Waals surface area contributed by atoms with Crippen LogP contribution >= 0.6 is 0 Å². The van der Waals surface area contributed by atoms with Crippen LogP contribution in [0.1, 0.15) is 30.5 Å². The average Bonchev–Trinajstić information content (AvgIpc) is 2.75. The van der Waals surface area contributed by atoms with Crippen LogP contribution in [0, 0.1) is 0 Å². The molecule has 1 aromatic heterocycles. The van der Waals surface area contributed by atoms with Gasteiger partial charge in [0.25, 0.3) is 0 Å². The summed E-state index contributed by atoms with van der Waals surface area (Å²) in [5, 5.41) is 0. The molecule has 2 heterocycles. The molecule has 1 fully saturated rings. The first-order chi connectivity index (χ1) is 7.84. The molecule has 0 radical (unpaired) electrons. The minimum Gasteiger partial charge on any atom is -0.355 e. The second-order valence-corrected chi connectivity index (χ2v) is 4.82. The maximum atomic E-state index is 5.95. The molecule has 1 aliphatic heterocycles. The molecular weight excluding hydrogens is 200 g/mol. The monoisotopic (exact) mass is 218 g/mol. The van der Waals surface area contributed by atoms with E-state index in [2.05, 4.69) is 14.9 Å². The van der Waals surface area contributed by atoms with E-state index >= 15 is 0 Å². The number of aromatic nitrogens is 2. The molecule has 2 aliphatic rings. The normalized spacial score (nSPS) is 24.6. The van der Waals surface area contributed by atoms with E-state index in [1.165, 1.54) is 24.1 Å². The van der Waals surface area contributed by atoms with Crippen molar-refractivity contribution >= 4 is 5.82 Å². The number of nitrogens with zero attached hydrogens (tertiary/aromatic N) is 3. The number of rotatable bonds is 1. The van der Waals surface area contributed by atoms with Crippen molar-refractivity contribution in [3.05, 3.63) is 17.6 Å². The zero-order valence-corrected chi connectivity index (χ0v) is 9.52. The molecule has 2 N–H and O–H groups in total. The molecule has 86 valence electrons. The van der Waals surface area contributed by atoms with Gasteiger partial charge in [-0.25, -0.2) is 9.97 Å². The van der Waals surface area contributed by atoms with Crippen molar-refractivity contribution in [1.82, 2.24) is 9.97 Å². The van der Waals surface area contributed by atoms with Crippen molar-refractivity contribution in [2.45, 2.75) is 38.1 Å². The van der Waals surface area contributed by atoms with E-state index in [4.69, 9.17) is 5.73 Å². The lowest BCUT2D eigenvalue weighted by molar-refractivity contribution is 0.658. The van der Waals surface area contributed by atoms with Gasteiger partial charge < -0.3 is 10.6 Å². The summed E-state index contributed by atoms with van der Waals surface area (Å²) in [5.41, 5.74) is 8.59. The molecule has 0 unspecified atom stereocenters. The topological polar surface area (TPSA) is 55.0 Å². The minimum absolute atomic E-state index is 0.314. The standard InChI is InChI=1S/C12H18N4/c13-9-5-6-16(7-9)12-10-3-1-2-4-11(10)14-8-15-12/h8-9H,1-7,13H2/t9-/m1/s1. The van der Waals surface area contributed by atoms with E-state index in [9.17, 15) is 0 Å². The number of anilines is 1. The first-order valence-corrected chi connectivity index (χ1v) is 6.18. The van der Waals surface area contributed by atoms with Crippen LogP contribution in [-0.4, -0.2) is 29.1 Å². The van der Waals surface area contributed by atoms with Gasteiger partial charge in [0.05, 0.1) is 0 Å². The number of fused-ring (bicyclic) bond motifs is 1. The molecule has 0 aromatic carbocycles. The van der Waals surface area contributed by atoms with Crippen LogP contribution in [0.25, 0.3) is 0 Å². The Morgan fingerprint density at radius 2 is 2.12 bits per heavy atom. The Morgan fingerprint density at radius 3 is 2.94 bits per heavy atom. The molecule has 1 atom stereocenters. The third-order valence-electron chi connectivity index (χ3n) is 3.63. The lowest BCUT2D eigenvalue weighted by Crippen LogP contribution is -2.28. The van der Waals surface area contributed by atoms with Crippen LogP contribution in [0.15, 0.2) is 6.33 Å². The third-order valence-corrected chi connectivity index (χ3v) is 3.63. The largest absolute Gasteiger partial charge is 0.355 e. The van der Waals surface area contributed by atoms with E-state index in [0.29, 0.717) is 6.04 Å². The highest BCUT2D eigenvalue weighted by Gasteiger charge is 2.24. The van der Waals surface area contributed by atoms with Crippen LogP contribution in [0.2, 0.25) is 0 Å². The summed E-state index contributed by atoms with van der Waals surface area (Å²) >= 11 is 0. The van der Waals surface area contributed by atoms with E-state index in [1.54, 1.807) is 6.33 Å². The Morgan fingerprint density at radius 1 is 1.25 bits per heavy atom. The first kappa shape index (κ1) is 10.0. The third kappa shape index (κ3) is 1.67. The van der Waals surface area contributed by atoms with Crippen molar-refractivity contribution in [1.29, 1.82) is 0 Å². The molecule has 0 amide bonds. The summed E-state index contributed by atoms with van der Waals surface area (Å²) in [5.74, 6) is 1.15. The van der Waals surface area contributed by atoms with Gasteiger partial charge >= 0.3 is 0 Å². The fraction of sp³-hybridized carbons (Fsp3) is 0.667. The predicted octanol–water partition coefficient (Wildman–Crippen LogP) is 0.893. The number of hydrogen-bond donors (Lipinski definition) is 1. The summed E-state index contributed by atoms with van der Waals surface area (Å²) in [7, 11) is 0. The van der Waals surface area contributed by atoms with Gasteiger partial charge in [-0.1, -0.05) is 0 Å². The van der Waals surface area contributed by atoms with Gasteiger partial charge in [-0.3, -0.25) is 0 Å². The average molecular weight is 218 g/mol. The summed E-state index contributed by atoms with van der Waals surface area (Å²) in [4.78, 5) is 11.2. The van der Waals surface area contributed by atoms with E-state index in [0.717, 1.165) is 38.2 Å². The van der Waals surface area contributed by atoms with Crippen molar-refractivity contribution in [2.24, 2.45) is 5.73 Å². The van der Waals surface area contributed by atoms with Crippen molar-refractivity contribution in [3.8, 4) is 0 Å². The molecular formula is C12H18N4. The van der Waals surface area contributed by atoms with Gasteiger partial charge in [0.2, 0.25) is 0 Å². The summed E-state index contributed by atoms with van der Waals surface area (Å²) in [6.45, 7) is 1.99. The Hall–Kier alpha value is -1.16. The zero-order valence-electron chi connectivity index (χ0n) is 9.52. The second kappa shape index (κ2) is 4.01. The molecule has 4 heteroatoms. The van der Waals surface area contributed by atoms with E-state index < -0.39 is 0 Å². The van der Waals surface area contributed by atoms with Crippen molar-refractivity contribution < 1.29 is 0 Å². The number of nitrogens with two attached hydrogens (primary N) is 1. The molecule has 3 rings (SSSR count). The van der Waals surface area contributed by atoms with Gasteiger partial charge in [0, 0.05) is 30.4 Å². The summed E-state index contributed by atoms with van der Waals surface area (Å²) in [6.07, 6.45) is 7.58. The molecule has 1 aliphatic carbocycles. The second-order valence-electron chi connectivity index (χ2n) is 4.82. The van der Waals surface area contributed by atoms with Gasteiger partial charge in [0.1, 0.15) is 12.1 Å². The Bertz CT molecular complexity index is 391. The lowest BCUT2D eigenvalue weighted by atomic mass is 9.96. The highest BCUT2D eigenvalue weighted by molar-refractivity contribution is 5.50. The van der Waals surface area contributed by atoms with Gasteiger partial charge in [-0.05, 0) is 32.1 Å². The smallest absolute Gasteiger partial charge is 0.135 e. The number of aryl methyl sites for hydroxylation is 1. The van der Waals surface area contributed by atoms with Gasteiger partial charge in [-0.15, -0.1) is 0 Å². The molecule has 0 saturated carbocycles. The Labute approximate surface area is 95.9 Å². The quantitative estimate of drug-likeness (QED) is 0.760. The molecule has 1 aromatic rings. The maximum Gasteiger partial charge on any atom is 0.135 e. The molecule has 0 bridgehead atoms. The van der Waals surface area contributed by atoms with Crippen LogP contribution in [0.3, 0.4) is 0 Å². The van der Waals surface area contributed by atoms with Crippen LogP contribution in [0.4, 0.5) is 5.82 Å². The fourth-order valence-corrected chi connectivity index (χ4v) is 2.76. The van der Waals surface area contributed by atoms with E-state index in [-0.39, 0.29) is 0 Å². The van der Waals surface area contributed by atoms with Gasteiger partial charge in [-0.2, -0.15) is 0 Å². The molecule has 0 spiro atoms. The summed E-state index contributed by atoms with van der Waals surface area (Å²) in [6, 6.07) is 0.314. The van der Waals surface area contributed by atoms with Crippen LogP contribution < -0.4 is 10.6 Å².